The van der Waals surface area contributed by atoms with Crippen molar-refractivity contribution < 1.29 is 9.59 Å². The van der Waals surface area contributed by atoms with Gasteiger partial charge in [0, 0.05) is 29.6 Å². The van der Waals surface area contributed by atoms with E-state index in [0.717, 1.165) is 30.6 Å². The van der Waals surface area contributed by atoms with Crippen LogP contribution in [-0.2, 0) is 16.9 Å². The third kappa shape index (κ3) is 5.61. The highest BCUT2D eigenvalue weighted by molar-refractivity contribution is 9.11. The summed E-state index contributed by atoms with van der Waals surface area (Å²) in [5.74, 6) is 0.159. The summed E-state index contributed by atoms with van der Waals surface area (Å²) in [7, 11) is 2.13. The first-order valence-corrected chi connectivity index (χ1v) is 12.8. The molecule has 1 amide bonds. The Morgan fingerprint density at radius 3 is 2.31 bits per heavy atom. The van der Waals surface area contributed by atoms with Crippen molar-refractivity contribution in [2.24, 2.45) is 0 Å². The minimum atomic E-state index is -0.334. The second-order valence-electron chi connectivity index (χ2n) is 7.69. The third-order valence-electron chi connectivity index (χ3n) is 5.60. The van der Waals surface area contributed by atoms with Crippen LogP contribution in [0.2, 0.25) is 0 Å². The molecule has 0 saturated carbocycles. The highest BCUT2D eigenvalue weighted by Crippen LogP contribution is 2.43. The Morgan fingerprint density at radius 1 is 1.12 bits per heavy atom. The average molecular weight is 516 g/mol. The standard InChI is InChI=1S/C19H20N2O.C5H5BrO.C2H6S/c1-14-7-9-16(10-8-14)19-13-15-5-3-4-6-17(15)18(22)21(19)12-11-20(19)2;1-2-5(6)3-4-7;1-3-2/h3-10H,11-13H2,1-2H3;2-4H,1H2;1-2H3/b;5-3-;. The van der Waals surface area contributed by atoms with Crippen molar-refractivity contribution in [3.05, 3.63) is 94.0 Å². The van der Waals surface area contributed by atoms with Crippen molar-refractivity contribution in [3.8, 4) is 0 Å². The monoisotopic (exact) mass is 514 g/mol. The zero-order chi connectivity index (χ0) is 23.7. The SMILES string of the molecule is C=C/C(Br)=C/C=O.CSC.Cc1ccc(C23Cc4ccccc4C(=O)N2CCN3C)cc1. The highest BCUT2D eigenvalue weighted by Gasteiger charge is 2.52. The Kier molecular flexibility index (Phi) is 9.94. The fourth-order valence-electron chi connectivity index (χ4n) is 4.05. The van der Waals surface area contributed by atoms with Crippen LogP contribution in [0.4, 0.5) is 0 Å². The zero-order valence-electron chi connectivity index (χ0n) is 19.2. The molecule has 1 fully saturated rings. The van der Waals surface area contributed by atoms with Crippen molar-refractivity contribution in [2.75, 3.05) is 32.6 Å². The van der Waals surface area contributed by atoms with Crippen LogP contribution in [0.3, 0.4) is 0 Å². The molecule has 6 heteroatoms. The maximum atomic E-state index is 13.0. The summed E-state index contributed by atoms with van der Waals surface area (Å²) in [5.41, 5.74) is 4.13. The number of nitrogens with zero attached hydrogens (tertiary/aromatic N) is 2. The van der Waals surface area contributed by atoms with Crippen molar-refractivity contribution in [1.29, 1.82) is 0 Å². The summed E-state index contributed by atoms with van der Waals surface area (Å²) in [6.45, 7) is 7.20. The lowest BCUT2D eigenvalue weighted by Crippen LogP contribution is -2.56. The molecule has 0 aromatic heterocycles. The van der Waals surface area contributed by atoms with Crippen LogP contribution in [0.1, 0.15) is 27.0 Å². The molecule has 0 spiro atoms. The highest BCUT2D eigenvalue weighted by atomic mass is 79.9. The fraction of sp³-hybridized carbons (Fsp3) is 0.308. The molecule has 1 saturated heterocycles. The molecular formula is C26H31BrN2O2S. The molecule has 0 N–H and O–H groups in total. The number of benzene rings is 2. The van der Waals surface area contributed by atoms with Gasteiger partial charge in [-0.25, -0.2) is 0 Å². The topological polar surface area (TPSA) is 40.6 Å². The van der Waals surface area contributed by atoms with Crippen LogP contribution in [0.25, 0.3) is 0 Å². The number of carbonyl (C=O) groups is 2. The first-order valence-electron chi connectivity index (χ1n) is 10.4. The van der Waals surface area contributed by atoms with Crippen LogP contribution < -0.4 is 0 Å². The molecule has 2 aliphatic rings. The van der Waals surface area contributed by atoms with Gasteiger partial charge in [0.25, 0.3) is 5.91 Å². The Morgan fingerprint density at radius 2 is 1.75 bits per heavy atom. The second-order valence-corrected chi connectivity index (χ2v) is 9.43. The Hall–Kier alpha value is -2.15. The summed E-state index contributed by atoms with van der Waals surface area (Å²) in [6.07, 6.45) is 8.57. The molecule has 0 aliphatic carbocycles. The van der Waals surface area contributed by atoms with Crippen molar-refractivity contribution >= 4 is 39.9 Å². The summed E-state index contributed by atoms with van der Waals surface area (Å²) < 4.78 is 0.711. The first-order chi connectivity index (χ1) is 15.3. The van der Waals surface area contributed by atoms with E-state index in [9.17, 15) is 9.59 Å². The summed E-state index contributed by atoms with van der Waals surface area (Å²) in [6, 6.07) is 16.6. The van der Waals surface area contributed by atoms with Crippen LogP contribution in [0, 0.1) is 6.92 Å². The normalized spacial score (nSPS) is 19.6. The number of thioether (sulfide) groups is 1. The van der Waals surface area contributed by atoms with E-state index < -0.39 is 0 Å². The molecule has 1 unspecified atom stereocenters. The lowest BCUT2D eigenvalue weighted by atomic mass is 9.84. The molecular weight excluding hydrogens is 484 g/mol. The van der Waals surface area contributed by atoms with E-state index in [0.29, 0.717) is 10.8 Å². The molecule has 2 aliphatic heterocycles. The number of amides is 1. The number of hydrogen-bond donors (Lipinski definition) is 0. The minimum absolute atomic E-state index is 0.159. The van der Waals surface area contributed by atoms with Gasteiger partial charge in [0.05, 0.1) is 0 Å². The molecule has 2 aromatic carbocycles. The number of carbonyl (C=O) groups excluding carboxylic acids is 2. The molecule has 0 radical (unpaired) electrons. The van der Waals surface area contributed by atoms with Crippen LogP contribution in [-0.4, -0.2) is 54.6 Å². The van der Waals surface area contributed by atoms with E-state index in [1.165, 1.54) is 17.2 Å². The van der Waals surface area contributed by atoms with Crippen molar-refractivity contribution in [1.82, 2.24) is 9.80 Å². The lowest BCUT2D eigenvalue weighted by molar-refractivity contribution is -0.104. The molecule has 0 bridgehead atoms. The lowest BCUT2D eigenvalue weighted by Gasteiger charge is -2.46. The van der Waals surface area contributed by atoms with Crippen LogP contribution in [0.5, 0.6) is 0 Å². The number of aryl methyl sites for hydroxylation is 1. The Labute approximate surface area is 204 Å². The summed E-state index contributed by atoms with van der Waals surface area (Å²) >= 11 is 4.80. The number of rotatable bonds is 3. The quantitative estimate of drug-likeness (QED) is 0.311. The van der Waals surface area contributed by atoms with E-state index >= 15 is 0 Å². The number of aldehydes is 1. The number of halogens is 1. The predicted molar refractivity (Wildman–Crippen MR) is 139 cm³/mol. The molecule has 170 valence electrons. The largest absolute Gasteiger partial charge is 0.314 e. The number of likely N-dealkylation sites (N-methyl/N-ethyl adjacent to an activating group) is 1. The zero-order valence-corrected chi connectivity index (χ0v) is 21.6. The smallest absolute Gasteiger partial charge is 0.255 e. The molecule has 1 atom stereocenters. The van der Waals surface area contributed by atoms with Gasteiger partial charge in [0.15, 0.2) is 0 Å². The van der Waals surface area contributed by atoms with Crippen molar-refractivity contribution in [3.63, 3.8) is 0 Å². The van der Waals surface area contributed by atoms with E-state index in [1.54, 1.807) is 17.8 Å². The molecule has 2 aromatic rings. The summed E-state index contributed by atoms with van der Waals surface area (Å²) in [5, 5.41) is 0. The predicted octanol–water partition coefficient (Wildman–Crippen LogP) is 5.42. The van der Waals surface area contributed by atoms with E-state index in [1.807, 2.05) is 30.7 Å². The van der Waals surface area contributed by atoms with E-state index in [2.05, 4.69) is 76.6 Å². The van der Waals surface area contributed by atoms with Crippen LogP contribution >= 0.6 is 27.7 Å². The van der Waals surface area contributed by atoms with Gasteiger partial charge in [-0.05, 0) is 49.8 Å². The van der Waals surface area contributed by atoms with Gasteiger partial charge in [0.1, 0.15) is 11.9 Å². The average Bonchev–Trinajstić information content (AvgIpc) is 3.13. The maximum absolute atomic E-state index is 13.0. The van der Waals surface area contributed by atoms with Gasteiger partial charge in [-0.1, -0.05) is 76.6 Å². The summed E-state index contributed by atoms with van der Waals surface area (Å²) in [4.78, 5) is 27.0. The third-order valence-corrected chi connectivity index (χ3v) is 6.19. The molecule has 2 heterocycles. The van der Waals surface area contributed by atoms with Gasteiger partial charge >= 0.3 is 0 Å². The molecule has 32 heavy (non-hydrogen) atoms. The second kappa shape index (κ2) is 12.2. The van der Waals surface area contributed by atoms with Gasteiger partial charge in [-0.3, -0.25) is 14.5 Å². The van der Waals surface area contributed by atoms with Gasteiger partial charge in [-0.15, -0.1) is 0 Å². The number of hydrogen-bond acceptors (Lipinski definition) is 4. The van der Waals surface area contributed by atoms with Crippen molar-refractivity contribution in [2.45, 2.75) is 19.0 Å². The fourth-order valence-corrected chi connectivity index (χ4v) is 4.16. The van der Waals surface area contributed by atoms with Gasteiger partial charge < -0.3 is 4.90 Å². The maximum Gasteiger partial charge on any atom is 0.255 e. The molecule has 4 rings (SSSR count). The van der Waals surface area contributed by atoms with E-state index in [4.69, 9.17) is 0 Å². The first kappa shape index (κ1) is 26.1. The number of allylic oxidation sites excluding steroid dienone is 3. The van der Waals surface area contributed by atoms with Crippen LogP contribution in [0.15, 0.2) is 71.7 Å². The Balaban J connectivity index is 0.000000309. The Bertz CT molecular complexity index is 974. The molecule has 4 nitrogen and oxygen atoms in total. The van der Waals surface area contributed by atoms with Gasteiger partial charge in [0.2, 0.25) is 0 Å². The number of fused-ring (bicyclic) bond motifs is 2. The van der Waals surface area contributed by atoms with E-state index in [-0.39, 0.29) is 11.6 Å². The van der Waals surface area contributed by atoms with Gasteiger partial charge in [-0.2, -0.15) is 11.8 Å². The minimum Gasteiger partial charge on any atom is -0.314 e.